The molecule has 1 heterocycles. The second-order valence-corrected chi connectivity index (χ2v) is 6.41. The van der Waals surface area contributed by atoms with Gasteiger partial charge in [0, 0.05) is 0 Å². The van der Waals surface area contributed by atoms with Gasteiger partial charge in [-0.3, -0.25) is 0 Å². The first kappa shape index (κ1) is 14.4. The number of hydrogen-bond acceptors (Lipinski definition) is 5. The highest BCUT2D eigenvalue weighted by atomic mass is 32.2. The van der Waals surface area contributed by atoms with Crippen molar-refractivity contribution in [2.45, 2.75) is 5.75 Å². The van der Waals surface area contributed by atoms with Crippen molar-refractivity contribution in [2.24, 2.45) is 5.10 Å². The molecule has 0 fully saturated rings. The molecule has 1 aliphatic heterocycles. The van der Waals surface area contributed by atoms with Gasteiger partial charge < -0.3 is 9.47 Å². The van der Waals surface area contributed by atoms with E-state index in [1.165, 1.54) is 6.21 Å². The Hall–Kier alpha value is -2.54. The maximum atomic E-state index is 11.9. The van der Waals surface area contributed by atoms with Gasteiger partial charge in [-0.25, -0.2) is 13.2 Å². The van der Waals surface area contributed by atoms with Gasteiger partial charge in [0.25, 0.3) is 10.0 Å². The van der Waals surface area contributed by atoms with Crippen LogP contribution in [0.5, 0.6) is 11.5 Å². The van der Waals surface area contributed by atoms with E-state index in [1.807, 2.05) is 6.07 Å². The summed E-state index contributed by atoms with van der Waals surface area (Å²) in [6, 6.07) is 14.2. The molecule has 0 spiro atoms. The molecule has 6 nitrogen and oxygen atoms in total. The number of fused-ring (bicyclic) bond motifs is 1. The molecule has 0 saturated carbocycles. The molecule has 0 atom stereocenters. The van der Waals surface area contributed by atoms with Gasteiger partial charge in [0.2, 0.25) is 6.79 Å². The number of nitrogens with zero attached hydrogens (tertiary/aromatic N) is 1. The molecule has 0 amide bonds. The molecule has 0 aliphatic carbocycles. The fourth-order valence-corrected chi connectivity index (χ4v) is 2.91. The highest BCUT2D eigenvalue weighted by Gasteiger charge is 2.13. The topological polar surface area (TPSA) is 77.0 Å². The number of rotatable bonds is 5. The van der Waals surface area contributed by atoms with Crippen LogP contribution in [0.15, 0.2) is 53.6 Å². The minimum atomic E-state index is -3.52. The van der Waals surface area contributed by atoms with Crippen LogP contribution in [0.1, 0.15) is 11.1 Å². The van der Waals surface area contributed by atoms with E-state index in [0.717, 1.165) is 0 Å². The highest BCUT2D eigenvalue weighted by Crippen LogP contribution is 2.31. The summed E-state index contributed by atoms with van der Waals surface area (Å²) in [5.41, 5.74) is 1.42. The predicted octanol–water partition coefficient (Wildman–Crippen LogP) is 1.87. The van der Waals surface area contributed by atoms with Crippen LogP contribution in [0.4, 0.5) is 0 Å². The molecule has 7 heteroatoms. The quantitative estimate of drug-likeness (QED) is 0.674. The number of sulfonamides is 1. The molecule has 2 aromatic carbocycles. The first-order valence-corrected chi connectivity index (χ1v) is 8.24. The third kappa shape index (κ3) is 3.56. The lowest BCUT2D eigenvalue weighted by Crippen LogP contribution is -2.20. The summed E-state index contributed by atoms with van der Waals surface area (Å²) in [5, 5.41) is 3.78. The van der Waals surface area contributed by atoms with Crippen LogP contribution in [-0.2, 0) is 15.8 Å². The minimum absolute atomic E-state index is 0.119. The fraction of sp³-hybridized carbons (Fsp3) is 0.133. The van der Waals surface area contributed by atoms with E-state index in [2.05, 4.69) is 9.93 Å². The van der Waals surface area contributed by atoms with Crippen LogP contribution in [0.3, 0.4) is 0 Å². The third-order valence-electron chi connectivity index (χ3n) is 3.00. The van der Waals surface area contributed by atoms with E-state index in [1.54, 1.807) is 42.5 Å². The van der Waals surface area contributed by atoms with E-state index in [-0.39, 0.29) is 12.5 Å². The van der Waals surface area contributed by atoms with Gasteiger partial charge in [0.05, 0.1) is 12.0 Å². The second-order valence-electron chi connectivity index (χ2n) is 4.71. The van der Waals surface area contributed by atoms with Gasteiger partial charge in [0.1, 0.15) is 0 Å². The Morgan fingerprint density at radius 1 is 1.09 bits per heavy atom. The molecule has 1 N–H and O–H groups in total. The van der Waals surface area contributed by atoms with Crippen molar-refractivity contribution in [2.75, 3.05) is 6.79 Å². The van der Waals surface area contributed by atoms with E-state index in [4.69, 9.17) is 9.47 Å². The van der Waals surface area contributed by atoms with Crippen molar-refractivity contribution in [3.63, 3.8) is 0 Å². The summed E-state index contributed by atoms with van der Waals surface area (Å²) in [5.74, 6) is 1.17. The second kappa shape index (κ2) is 6.07. The molecule has 2 aromatic rings. The third-order valence-corrected chi connectivity index (χ3v) is 4.10. The molecule has 3 rings (SSSR count). The molecular formula is C15H14N2O4S. The van der Waals surface area contributed by atoms with Crippen LogP contribution >= 0.6 is 0 Å². The summed E-state index contributed by atoms with van der Waals surface area (Å²) in [6.45, 7) is 0.194. The van der Waals surface area contributed by atoms with Gasteiger partial charge in [0.15, 0.2) is 11.5 Å². The van der Waals surface area contributed by atoms with Gasteiger partial charge in [-0.15, -0.1) is 0 Å². The lowest BCUT2D eigenvalue weighted by atomic mass is 10.2. The molecule has 0 unspecified atom stereocenters. The number of benzene rings is 2. The number of ether oxygens (including phenoxy) is 2. The first-order valence-electron chi connectivity index (χ1n) is 6.58. The Bertz CT molecular complexity index is 788. The Balaban J connectivity index is 1.64. The maximum absolute atomic E-state index is 11.9. The first-order chi connectivity index (χ1) is 10.6. The summed E-state index contributed by atoms with van der Waals surface area (Å²) >= 11 is 0. The summed E-state index contributed by atoms with van der Waals surface area (Å²) in [4.78, 5) is 2.19. The molecule has 0 radical (unpaired) electrons. The average Bonchev–Trinajstić information content (AvgIpc) is 2.95. The van der Waals surface area contributed by atoms with Crippen molar-refractivity contribution >= 4 is 16.2 Å². The molecule has 1 aliphatic rings. The fourth-order valence-electron chi connectivity index (χ4n) is 2.00. The van der Waals surface area contributed by atoms with Crippen molar-refractivity contribution in [3.8, 4) is 11.5 Å². The van der Waals surface area contributed by atoms with Crippen LogP contribution in [0.2, 0.25) is 0 Å². The van der Waals surface area contributed by atoms with Gasteiger partial charge >= 0.3 is 0 Å². The largest absolute Gasteiger partial charge is 0.454 e. The standard InChI is InChI=1S/C15H14N2O4S/c18-22(19,10-12-4-2-1-3-5-12)17-16-9-13-6-7-14-15(8-13)21-11-20-14/h1-9,17H,10-11H2. The van der Waals surface area contributed by atoms with Gasteiger partial charge in [-0.1, -0.05) is 30.3 Å². The number of hydrogen-bond donors (Lipinski definition) is 1. The van der Waals surface area contributed by atoms with Crippen molar-refractivity contribution < 1.29 is 17.9 Å². The zero-order valence-electron chi connectivity index (χ0n) is 11.6. The summed E-state index contributed by atoms with van der Waals surface area (Å²) in [7, 11) is -3.52. The Labute approximate surface area is 128 Å². The van der Waals surface area contributed by atoms with Crippen molar-refractivity contribution in [3.05, 3.63) is 59.7 Å². The lowest BCUT2D eigenvalue weighted by Gasteiger charge is -2.03. The zero-order chi connectivity index (χ0) is 15.4. The number of hydrazone groups is 1. The van der Waals surface area contributed by atoms with Gasteiger partial charge in [-0.2, -0.15) is 5.10 Å². The zero-order valence-corrected chi connectivity index (χ0v) is 12.4. The molecule has 22 heavy (non-hydrogen) atoms. The molecule has 0 aromatic heterocycles. The van der Waals surface area contributed by atoms with Crippen LogP contribution < -0.4 is 14.3 Å². The average molecular weight is 318 g/mol. The maximum Gasteiger partial charge on any atom is 0.251 e. The minimum Gasteiger partial charge on any atom is -0.454 e. The summed E-state index contributed by atoms with van der Waals surface area (Å²) < 4.78 is 34.3. The van der Waals surface area contributed by atoms with Crippen molar-refractivity contribution in [1.82, 2.24) is 4.83 Å². The van der Waals surface area contributed by atoms with E-state index in [9.17, 15) is 8.42 Å². The monoisotopic (exact) mass is 318 g/mol. The van der Waals surface area contributed by atoms with Crippen molar-refractivity contribution in [1.29, 1.82) is 0 Å². The van der Waals surface area contributed by atoms with Crippen LogP contribution in [0, 0.1) is 0 Å². The predicted molar refractivity (Wildman–Crippen MR) is 82.4 cm³/mol. The Morgan fingerprint density at radius 2 is 1.86 bits per heavy atom. The Kier molecular flexibility index (Phi) is 3.97. The molecule has 0 saturated heterocycles. The molecular weight excluding hydrogens is 304 g/mol. The molecule has 0 bridgehead atoms. The molecule has 114 valence electrons. The van der Waals surface area contributed by atoms with Gasteiger partial charge in [-0.05, 0) is 29.3 Å². The lowest BCUT2D eigenvalue weighted by molar-refractivity contribution is 0.174. The summed E-state index contributed by atoms with van der Waals surface area (Å²) in [6.07, 6.45) is 1.42. The van der Waals surface area contributed by atoms with E-state index in [0.29, 0.717) is 22.6 Å². The van der Waals surface area contributed by atoms with E-state index < -0.39 is 10.0 Å². The number of nitrogens with one attached hydrogen (secondary N) is 1. The smallest absolute Gasteiger partial charge is 0.251 e. The van der Waals surface area contributed by atoms with Crippen LogP contribution in [-0.4, -0.2) is 21.4 Å². The normalized spacial score (nSPS) is 13.5. The highest BCUT2D eigenvalue weighted by molar-refractivity contribution is 7.88. The SMILES string of the molecule is O=S(=O)(Cc1ccccc1)NN=Cc1ccc2c(c1)OCO2. The van der Waals surface area contributed by atoms with E-state index >= 15 is 0 Å². The Morgan fingerprint density at radius 3 is 2.68 bits per heavy atom. The van der Waals surface area contributed by atoms with Crippen LogP contribution in [0.25, 0.3) is 0 Å².